The number of hydrogen-bond acceptors (Lipinski definition) is 1. The second kappa shape index (κ2) is 3.15. The Morgan fingerprint density at radius 3 is 3.08 bits per heavy atom. The van der Waals surface area contributed by atoms with E-state index in [1.807, 2.05) is 6.07 Å². The molecule has 0 bridgehead atoms. The van der Waals surface area contributed by atoms with Crippen LogP contribution < -0.4 is 5.32 Å². The third-order valence-electron chi connectivity index (χ3n) is 2.12. The fourth-order valence-electron chi connectivity index (χ4n) is 1.53. The Labute approximate surface area is 79.1 Å². The van der Waals surface area contributed by atoms with E-state index in [0.29, 0.717) is 0 Å². The molecular formula is C9H9BrFN. The highest BCUT2D eigenvalue weighted by Gasteiger charge is 2.13. The summed E-state index contributed by atoms with van der Waals surface area (Å²) in [6.45, 7) is 1.66. The molecule has 1 aliphatic heterocycles. The summed E-state index contributed by atoms with van der Waals surface area (Å²) < 4.78 is 14.1. The minimum atomic E-state index is -0.0825. The molecule has 0 radical (unpaired) electrons. The standard InChI is InChI=1S/C9H9BrFN/c10-7-3-6-5-12-2-1-8(6)9(11)4-7/h3-4,12H,1-2,5H2. The molecule has 1 N–H and O–H groups in total. The van der Waals surface area contributed by atoms with Gasteiger partial charge < -0.3 is 5.32 Å². The molecule has 0 aliphatic carbocycles. The van der Waals surface area contributed by atoms with E-state index in [-0.39, 0.29) is 5.82 Å². The minimum absolute atomic E-state index is 0.0825. The van der Waals surface area contributed by atoms with Gasteiger partial charge in [-0.2, -0.15) is 0 Å². The van der Waals surface area contributed by atoms with Crippen LogP contribution in [0.5, 0.6) is 0 Å². The first kappa shape index (κ1) is 8.20. The SMILES string of the molecule is Fc1cc(Br)cc2c1CCNC2. The maximum atomic E-state index is 13.3. The highest BCUT2D eigenvalue weighted by atomic mass is 79.9. The molecule has 0 unspecified atom stereocenters. The van der Waals surface area contributed by atoms with Crippen molar-refractivity contribution in [2.24, 2.45) is 0 Å². The summed E-state index contributed by atoms with van der Waals surface area (Å²) in [5.41, 5.74) is 1.95. The number of hydrogen-bond donors (Lipinski definition) is 1. The quantitative estimate of drug-likeness (QED) is 0.720. The lowest BCUT2D eigenvalue weighted by molar-refractivity contribution is 0.568. The predicted molar refractivity (Wildman–Crippen MR) is 49.5 cm³/mol. The molecule has 2 rings (SSSR count). The highest BCUT2D eigenvalue weighted by molar-refractivity contribution is 9.10. The number of halogens is 2. The zero-order chi connectivity index (χ0) is 8.55. The molecule has 0 fully saturated rings. The molecule has 0 saturated carbocycles. The van der Waals surface area contributed by atoms with E-state index in [9.17, 15) is 4.39 Å². The van der Waals surface area contributed by atoms with Crippen molar-refractivity contribution in [3.63, 3.8) is 0 Å². The summed E-state index contributed by atoms with van der Waals surface area (Å²) >= 11 is 3.27. The third kappa shape index (κ3) is 1.39. The fraction of sp³-hybridized carbons (Fsp3) is 0.333. The van der Waals surface area contributed by atoms with Gasteiger partial charge in [-0.1, -0.05) is 15.9 Å². The van der Waals surface area contributed by atoms with Crippen LogP contribution in [0.15, 0.2) is 16.6 Å². The third-order valence-corrected chi connectivity index (χ3v) is 2.58. The molecule has 0 amide bonds. The summed E-state index contributed by atoms with van der Waals surface area (Å²) in [4.78, 5) is 0. The maximum absolute atomic E-state index is 13.3. The van der Waals surface area contributed by atoms with Gasteiger partial charge in [-0.05, 0) is 36.2 Å². The number of fused-ring (bicyclic) bond motifs is 1. The van der Waals surface area contributed by atoms with Gasteiger partial charge in [0.25, 0.3) is 0 Å². The van der Waals surface area contributed by atoms with Crippen LogP contribution in [0.4, 0.5) is 4.39 Å². The lowest BCUT2D eigenvalue weighted by Crippen LogP contribution is -2.24. The molecule has 1 aliphatic rings. The number of benzene rings is 1. The monoisotopic (exact) mass is 229 g/mol. The fourth-order valence-corrected chi connectivity index (χ4v) is 2.01. The van der Waals surface area contributed by atoms with Crippen LogP contribution in [-0.4, -0.2) is 6.54 Å². The Morgan fingerprint density at radius 1 is 1.42 bits per heavy atom. The smallest absolute Gasteiger partial charge is 0.127 e. The molecule has 64 valence electrons. The molecule has 0 atom stereocenters. The molecular weight excluding hydrogens is 221 g/mol. The first-order chi connectivity index (χ1) is 5.77. The average molecular weight is 230 g/mol. The van der Waals surface area contributed by atoms with Crippen molar-refractivity contribution in [3.05, 3.63) is 33.5 Å². The lowest BCUT2D eigenvalue weighted by Gasteiger charge is -2.17. The summed E-state index contributed by atoms with van der Waals surface area (Å²) in [7, 11) is 0. The van der Waals surface area contributed by atoms with Crippen molar-refractivity contribution in [1.82, 2.24) is 5.32 Å². The normalized spacial score (nSPS) is 15.8. The maximum Gasteiger partial charge on any atom is 0.127 e. The van der Waals surface area contributed by atoms with Crippen LogP contribution in [0.2, 0.25) is 0 Å². The van der Waals surface area contributed by atoms with Gasteiger partial charge in [-0.25, -0.2) is 4.39 Å². The van der Waals surface area contributed by atoms with Crippen LogP contribution in [0.3, 0.4) is 0 Å². The van der Waals surface area contributed by atoms with Gasteiger partial charge in [0.1, 0.15) is 5.82 Å². The first-order valence-corrected chi connectivity index (χ1v) is 4.74. The van der Waals surface area contributed by atoms with Crippen molar-refractivity contribution in [2.75, 3.05) is 6.54 Å². The van der Waals surface area contributed by atoms with Crippen molar-refractivity contribution >= 4 is 15.9 Å². The molecule has 0 spiro atoms. The summed E-state index contributed by atoms with van der Waals surface area (Å²) in [6.07, 6.45) is 0.800. The second-order valence-electron chi connectivity index (χ2n) is 2.95. The van der Waals surface area contributed by atoms with Crippen LogP contribution in [-0.2, 0) is 13.0 Å². The summed E-state index contributed by atoms with van der Waals surface area (Å²) in [5.74, 6) is -0.0825. The average Bonchev–Trinajstić information content (AvgIpc) is 2.04. The largest absolute Gasteiger partial charge is 0.312 e. The molecule has 3 heteroatoms. The van der Waals surface area contributed by atoms with E-state index < -0.39 is 0 Å². The Kier molecular flexibility index (Phi) is 2.15. The Morgan fingerprint density at radius 2 is 2.25 bits per heavy atom. The zero-order valence-corrected chi connectivity index (χ0v) is 8.12. The number of rotatable bonds is 0. The van der Waals surface area contributed by atoms with E-state index in [1.54, 1.807) is 0 Å². The van der Waals surface area contributed by atoms with Crippen LogP contribution in [0.1, 0.15) is 11.1 Å². The lowest BCUT2D eigenvalue weighted by atomic mass is 10.0. The number of nitrogens with one attached hydrogen (secondary N) is 1. The van der Waals surface area contributed by atoms with Gasteiger partial charge in [0.05, 0.1) is 0 Å². The van der Waals surface area contributed by atoms with E-state index in [2.05, 4.69) is 21.2 Å². The molecule has 1 nitrogen and oxygen atoms in total. The second-order valence-corrected chi connectivity index (χ2v) is 3.87. The van der Waals surface area contributed by atoms with Gasteiger partial charge in [-0.3, -0.25) is 0 Å². The Hall–Kier alpha value is -0.410. The van der Waals surface area contributed by atoms with E-state index in [1.165, 1.54) is 6.07 Å². The van der Waals surface area contributed by atoms with E-state index in [4.69, 9.17) is 0 Å². The molecule has 1 aromatic rings. The van der Waals surface area contributed by atoms with Gasteiger partial charge in [0.2, 0.25) is 0 Å². The van der Waals surface area contributed by atoms with E-state index in [0.717, 1.165) is 35.1 Å². The topological polar surface area (TPSA) is 12.0 Å². The van der Waals surface area contributed by atoms with Crippen LogP contribution in [0, 0.1) is 5.82 Å². The first-order valence-electron chi connectivity index (χ1n) is 3.95. The van der Waals surface area contributed by atoms with Gasteiger partial charge >= 0.3 is 0 Å². The van der Waals surface area contributed by atoms with Crippen molar-refractivity contribution in [1.29, 1.82) is 0 Å². The molecule has 1 heterocycles. The van der Waals surface area contributed by atoms with E-state index >= 15 is 0 Å². The highest BCUT2D eigenvalue weighted by Crippen LogP contribution is 2.22. The van der Waals surface area contributed by atoms with Crippen LogP contribution >= 0.6 is 15.9 Å². The van der Waals surface area contributed by atoms with Gasteiger partial charge in [0, 0.05) is 11.0 Å². The summed E-state index contributed by atoms with van der Waals surface area (Å²) in [6, 6.07) is 3.51. The molecule has 12 heavy (non-hydrogen) atoms. The Balaban J connectivity index is 2.53. The summed E-state index contributed by atoms with van der Waals surface area (Å²) in [5, 5.41) is 3.21. The van der Waals surface area contributed by atoms with Crippen molar-refractivity contribution in [3.8, 4) is 0 Å². The molecule has 0 aromatic heterocycles. The molecule has 1 aromatic carbocycles. The van der Waals surface area contributed by atoms with Gasteiger partial charge in [0.15, 0.2) is 0 Å². The van der Waals surface area contributed by atoms with Gasteiger partial charge in [-0.15, -0.1) is 0 Å². The predicted octanol–water partition coefficient (Wildman–Crippen LogP) is 2.23. The van der Waals surface area contributed by atoms with Crippen molar-refractivity contribution < 1.29 is 4.39 Å². The zero-order valence-electron chi connectivity index (χ0n) is 6.53. The van der Waals surface area contributed by atoms with Crippen molar-refractivity contribution in [2.45, 2.75) is 13.0 Å². The molecule has 0 saturated heterocycles. The Bertz CT molecular complexity index is 312. The minimum Gasteiger partial charge on any atom is -0.312 e. The van der Waals surface area contributed by atoms with Crippen LogP contribution in [0.25, 0.3) is 0 Å².